The van der Waals surface area contributed by atoms with Gasteiger partial charge in [0, 0.05) is 12.0 Å². The molecule has 2 amide bonds. The summed E-state index contributed by atoms with van der Waals surface area (Å²) in [5, 5.41) is 26.9. The summed E-state index contributed by atoms with van der Waals surface area (Å²) < 4.78 is 7.44. The summed E-state index contributed by atoms with van der Waals surface area (Å²) >= 11 is 0. The zero-order valence-corrected chi connectivity index (χ0v) is 21.1. The number of aliphatic hydroxyl groups excluding tert-OH is 2. The fourth-order valence-corrected chi connectivity index (χ4v) is 4.73. The largest absolute Gasteiger partial charge is 0.388 e. The molecule has 4 heterocycles. The maximum absolute atomic E-state index is 12.6. The van der Waals surface area contributed by atoms with E-state index in [1.54, 1.807) is 24.3 Å². The topological polar surface area (TPSA) is 180 Å². The van der Waals surface area contributed by atoms with Gasteiger partial charge in [-0.15, -0.1) is 0 Å². The number of imidazole rings is 2. The van der Waals surface area contributed by atoms with Crippen LogP contribution in [0.3, 0.4) is 0 Å². The van der Waals surface area contributed by atoms with Crippen LogP contribution >= 0.6 is 0 Å². The number of fused-ring (bicyclic) bond motifs is 2. The quantitative estimate of drug-likeness (QED) is 0.195. The number of aromatic amines is 1. The van der Waals surface area contributed by atoms with E-state index in [9.17, 15) is 19.8 Å². The molecule has 0 unspecified atom stereocenters. The number of H-pyrrole nitrogens is 1. The molecule has 0 bridgehead atoms. The molecule has 13 nitrogen and oxygen atoms in total. The Labute approximate surface area is 227 Å². The van der Waals surface area contributed by atoms with Crippen molar-refractivity contribution >= 4 is 39.8 Å². The van der Waals surface area contributed by atoms with E-state index >= 15 is 0 Å². The van der Waals surface area contributed by atoms with Crippen molar-refractivity contribution in [3.05, 3.63) is 78.6 Å². The summed E-state index contributed by atoms with van der Waals surface area (Å²) in [5.41, 5.74) is 2.76. The first-order valence-corrected chi connectivity index (χ1v) is 12.7. The number of anilines is 1. The Kier molecular flexibility index (Phi) is 6.90. The number of aliphatic hydroxyl groups is 2. The Morgan fingerprint density at radius 3 is 2.62 bits per heavy atom. The van der Waals surface area contributed by atoms with Gasteiger partial charge < -0.3 is 30.6 Å². The third-order valence-electron chi connectivity index (χ3n) is 6.79. The molecule has 3 aromatic heterocycles. The van der Waals surface area contributed by atoms with Gasteiger partial charge in [-0.05, 0) is 30.7 Å². The van der Waals surface area contributed by atoms with Gasteiger partial charge in [-0.2, -0.15) is 0 Å². The minimum Gasteiger partial charge on any atom is -0.388 e. The normalized spacial score (nSPS) is 20.6. The van der Waals surface area contributed by atoms with Crippen molar-refractivity contribution < 1.29 is 24.5 Å². The number of aromatic nitrogens is 6. The van der Waals surface area contributed by atoms with Gasteiger partial charge in [-0.25, -0.2) is 19.9 Å². The number of carbonyl (C=O) groups excluding carboxylic acids is 2. The highest BCUT2D eigenvalue weighted by molar-refractivity contribution is 6.06. The van der Waals surface area contributed by atoms with E-state index in [2.05, 4.69) is 35.6 Å². The van der Waals surface area contributed by atoms with E-state index in [4.69, 9.17) is 4.74 Å². The molecule has 13 heteroatoms. The number of amides is 2. The smallest absolute Gasteiger partial charge is 0.256 e. The first-order chi connectivity index (χ1) is 19.5. The van der Waals surface area contributed by atoms with Crippen LogP contribution in [-0.4, -0.2) is 69.8 Å². The van der Waals surface area contributed by atoms with E-state index in [1.165, 1.54) is 17.2 Å². The Morgan fingerprint density at radius 2 is 1.80 bits per heavy atom. The predicted octanol–water partition coefficient (Wildman–Crippen LogP) is 1.67. The molecule has 0 saturated carbocycles. The highest BCUT2D eigenvalue weighted by atomic mass is 16.6. The van der Waals surface area contributed by atoms with Gasteiger partial charge in [0.25, 0.3) is 5.91 Å². The van der Waals surface area contributed by atoms with Gasteiger partial charge in [0.15, 0.2) is 23.2 Å². The van der Waals surface area contributed by atoms with Crippen molar-refractivity contribution in [1.29, 1.82) is 0 Å². The predicted molar refractivity (Wildman–Crippen MR) is 143 cm³/mol. The molecule has 204 valence electrons. The number of nitrogens with zero attached hydrogens (tertiary/aromatic N) is 5. The van der Waals surface area contributed by atoms with Gasteiger partial charge in [0.2, 0.25) is 5.91 Å². The number of nitrogens with one attached hydrogen (secondary N) is 3. The molecule has 0 radical (unpaired) electrons. The average molecular weight is 543 g/mol. The molecule has 2 aromatic carbocycles. The van der Waals surface area contributed by atoms with E-state index in [1.807, 2.05) is 30.3 Å². The van der Waals surface area contributed by atoms with Crippen LogP contribution in [0.1, 0.15) is 35.3 Å². The number of hydrogen-bond acceptors (Lipinski definition) is 9. The maximum atomic E-state index is 12.6. The standard InChI is InChI=1S/C27H26N8O5/c36-20(28-12-19-32-16-8-4-5-9-17(16)33-19)11-10-18-22(37)23(38)27(40-18)35-14-31-21-24(29-13-30-25(21)35)34-26(39)15-6-2-1-3-7-15/h1-9,13-14,18,22-23,27,37-38H,10-12H2,(H,28,36)(H,32,33)(H,29,30,34,39)/t18-,22-,23-,27-/m1/s1. The van der Waals surface area contributed by atoms with E-state index in [0.717, 1.165) is 11.0 Å². The molecule has 6 rings (SSSR count). The Morgan fingerprint density at radius 1 is 1.00 bits per heavy atom. The van der Waals surface area contributed by atoms with Crippen LogP contribution in [0.2, 0.25) is 0 Å². The third kappa shape index (κ3) is 5.00. The minimum absolute atomic E-state index is 0.0733. The van der Waals surface area contributed by atoms with Gasteiger partial charge in [-0.3, -0.25) is 14.2 Å². The number of carbonyl (C=O) groups is 2. The number of ether oxygens (including phenoxy) is 1. The Hall–Kier alpha value is -4.72. The lowest BCUT2D eigenvalue weighted by molar-refractivity contribution is -0.122. The first kappa shape index (κ1) is 25.6. The van der Waals surface area contributed by atoms with Crippen molar-refractivity contribution in [3.8, 4) is 0 Å². The van der Waals surface area contributed by atoms with Crippen LogP contribution < -0.4 is 10.6 Å². The molecule has 1 fully saturated rings. The van der Waals surface area contributed by atoms with Crippen LogP contribution in [0, 0.1) is 0 Å². The molecule has 4 atom stereocenters. The number of rotatable bonds is 8. The first-order valence-electron chi connectivity index (χ1n) is 12.7. The monoisotopic (exact) mass is 542 g/mol. The van der Waals surface area contributed by atoms with Crippen LogP contribution in [0.25, 0.3) is 22.2 Å². The molecule has 5 aromatic rings. The fourth-order valence-electron chi connectivity index (χ4n) is 4.73. The Bertz CT molecular complexity index is 1640. The molecule has 1 aliphatic heterocycles. The summed E-state index contributed by atoms with van der Waals surface area (Å²) in [6, 6.07) is 16.3. The van der Waals surface area contributed by atoms with Gasteiger partial charge in [0.05, 0.1) is 30.0 Å². The van der Waals surface area contributed by atoms with E-state index in [-0.39, 0.29) is 37.0 Å². The molecular weight excluding hydrogens is 516 g/mol. The van der Waals surface area contributed by atoms with Gasteiger partial charge in [0.1, 0.15) is 24.4 Å². The SMILES string of the molecule is O=C(CC[C@H]1O[C@@H](n2cnc3c(NC(=O)c4ccccc4)ncnc32)[C@H](O)[C@@H]1O)NCc1nc2ccccc2[nH]1. The molecule has 1 aliphatic rings. The van der Waals surface area contributed by atoms with E-state index in [0.29, 0.717) is 22.6 Å². The number of hydrogen-bond donors (Lipinski definition) is 5. The highest BCUT2D eigenvalue weighted by Gasteiger charge is 2.44. The molecule has 0 aliphatic carbocycles. The van der Waals surface area contributed by atoms with Gasteiger partial charge in [-0.1, -0.05) is 30.3 Å². The summed E-state index contributed by atoms with van der Waals surface area (Å²) in [7, 11) is 0. The fraction of sp³-hybridized carbons (Fsp3) is 0.259. The maximum Gasteiger partial charge on any atom is 0.256 e. The summed E-state index contributed by atoms with van der Waals surface area (Å²) in [6.07, 6.45) is -1.40. The average Bonchev–Trinajstić information content (AvgIpc) is 3.67. The molecule has 1 saturated heterocycles. The van der Waals surface area contributed by atoms with Crippen molar-refractivity contribution in [1.82, 2.24) is 34.8 Å². The summed E-state index contributed by atoms with van der Waals surface area (Å²) in [4.78, 5) is 45.4. The van der Waals surface area contributed by atoms with Crippen LogP contribution in [0.4, 0.5) is 5.82 Å². The summed E-state index contributed by atoms with van der Waals surface area (Å²) in [6.45, 7) is 0.233. The van der Waals surface area contributed by atoms with Crippen LogP contribution in [-0.2, 0) is 16.1 Å². The van der Waals surface area contributed by atoms with Crippen molar-refractivity contribution in [2.75, 3.05) is 5.32 Å². The number of benzene rings is 2. The lowest BCUT2D eigenvalue weighted by Gasteiger charge is -2.16. The molecule has 40 heavy (non-hydrogen) atoms. The highest BCUT2D eigenvalue weighted by Crippen LogP contribution is 2.34. The molecule has 0 spiro atoms. The minimum atomic E-state index is -1.29. The van der Waals surface area contributed by atoms with Gasteiger partial charge >= 0.3 is 0 Å². The molecular formula is C27H26N8O5. The van der Waals surface area contributed by atoms with Crippen molar-refractivity contribution in [3.63, 3.8) is 0 Å². The molecule has 5 N–H and O–H groups in total. The lowest BCUT2D eigenvalue weighted by atomic mass is 10.1. The van der Waals surface area contributed by atoms with E-state index < -0.39 is 24.5 Å². The number of para-hydroxylation sites is 2. The van der Waals surface area contributed by atoms with Crippen molar-refractivity contribution in [2.24, 2.45) is 0 Å². The lowest BCUT2D eigenvalue weighted by Crippen LogP contribution is -2.32. The second kappa shape index (κ2) is 10.8. The van der Waals surface area contributed by atoms with Crippen LogP contribution in [0.15, 0.2) is 67.3 Å². The second-order valence-corrected chi connectivity index (χ2v) is 9.43. The second-order valence-electron chi connectivity index (χ2n) is 9.43. The van der Waals surface area contributed by atoms with Crippen molar-refractivity contribution in [2.45, 2.75) is 43.9 Å². The third-order valence-corrected chi connectivity index (χ3v) is 6.79. The Balaban J connectivity index is 1.09. The zero-order chi connectivity index (χ0) is 27.6. The zero-order valence-electron chi connectivity index (χ0n) is 21.1. The summed E-state index contributed by atoms with van der Waals surface area (Å²) in [5.74, 6) is 0.231. The van der Waals surface area contributed by atoms with Crippen LogP contribution in [0.5, 0.6) is 0 Å².